The van der Waals surface area contributed by atoms with Gasteiger partial charge in [-0.2, -0.15) is 0 Å². The highest BCUT2D eigenvalue weighted by atomic mass is 32.1. The first-order chi connectivity index (χ1) is 9.29. The lowest BCUT2D eigenvalue weighted by Crippen LogP contribution is -2.57. The van der Waals surface area contributed by atoms with E-state index in [0.29, 0.717) is 24.7 Å². The maximum absolute atomic E-state index is 13.0. The molecule has 0 bridgehead atoms. The van der Waals surface area contributed by atoms with Crippen LogP contribution in [0.3, 0.4) is 0 Å². The molecule has 1 saturated heterocycles. The van der Waals surface area contributed by atoms with Gasteiger partial charge in [-0.25, -0.2) is 0 Å². The molecule has 1 amide bonds. The van der Waals surface area contributed by atoms with Crippen molar-refractivity contribution in [1.82, 2.24) is 4.90 Å². The van der Waals surface area contributed by atoms with Crippen LogP contribution in [0.4, 0.5) is 0 Å². The topological polar surface area (TPSA) is 55.6 Å². The standard InChI is InChI=1S/C15H28N2O2S/c1-5-7-15(8-6-2,12(16)20)13(18)17-9-10-19-14(3,4)11-17/h5-11H2,1-4H3,(H2,16,20). The van der Waals surface area contributed by atoms with Crippen LogP contribution >= 0.6 is 12.2 Å². The van der Waals surface area contributed by atoms with Gasteiger partial charge in [0.2, 0.25) is 5.91 Å². The lowest BCUT2D eigenvalue weighted by Gasteiger charge is -2.43. The molecule has 1 aliphatic heterocycles. The smallest absolute Gasteiger partial charge is 0.235 e. The maximum Gasteiger partial charge on any atom is 0.235 e. The Bertz CT molecular complexity index is 363. The van der Waals surface area contributed by atoms with Crippen LogP contribution in [0.5, 0.6) is 0 Å². The lowest BCUT2D eigenvalue weighted by atomic mass is 9.77. The molecule has 0 atom stereocenters. The van der Waals surface area contributed by atoms with E-state index in [9.17, 15) is 4.79 Å². The number of carbonyl (C=O) groups excluding carboxylic acids is 1. The first-order valence-corrected chi connectivity index (χ1v) is 7.93. The van der Waals surface area contributed by atoms with E-state index in [0.717, 1.165) is 25.7 Å². The molecule has 0 unspecified atom stereocenters. The van der Waals surface area contributed by atoms with E-state index in [-0.39, 0.29) is 11.5 Å². The fourth-order valence-electron chi connectivity index (χ4n) is 3.04. The molecule has 4 nitrogen and oxygen atoms in total. The van der Waals surface area contributed by atoms with Crippen molar-refractivity contribution in [2.24, 2.45) is 11.1 Å². The summed E-state index contributed by atoms with van der Waals surface area (Å²) in [7, 11) is 0. The average molecular weight is 300 g/mol. The van der Waals surface area contributed by atoms with Crippen molar-refractivity contribution in [3.63, 3.8) is 0 Å². The summed E-state index contributed by atoms with van der Waals surface area (Å²) in [5.41, 5.74) is 5.00. The third-order valence-corrected chi connectivity index (χ3v) is 4.34. The van der Waals surface area contributed by atoms with E-state index in [2.05, 4.69) is 13.8 Å². The minimum Gasteiger partial charge on any atom is -0.392 e. The van der Waals surface area contributed by atoms with Gasteiger partial charge in [-0.05, 0) is 26.7 Å². The number of morpholine rings is 1. The molecule has 0 aromatic rings. The quantitative estimate of drug-likeness (QED) is 0.766. The molecule has 1 fully saturated rings. The van der Waals surface area contributed by atoms with E-state index < -0.39 is 5.41 Å². The van der Waals surface area contributed by atoms with Crippen molar-refractivity contribution in [3.8, 4) is 0 Å². The van der Waals surface area contributed by atoms with Crippen LogP contribution in [0.25, 0.3) is 0 Å². The Balaban J connectivity index is 3.00. The molecule has 1 heterocycles. The van der Waals surface area contributed by atoms with E-state index in [1.54, 1.807) is 0 Å². The molecule has 0 aromatic carbocycles. The van der Waals surface area contributed by atoms with Crippen LogP contribution in [0, 0.1) is 5.41 Å². The van der Waals surface area contributed by atoms with Crippen LogP contribution in [-0.4, -0.2) is 41.1 Å². The highest BCUT2D eigenvalue weighted by Gasteiger charge is 2.44. The largest absolute Gasteiger partial charge is 0.392 e. The number of carbonyl (C=O) groups is 1. The van der Waals surface area contributed by atoms with Gasteiger partial charge in [0.1, 0.15) is 0 Å². The zero-order chi connectivity index (χ0) is 15.4. The normalized spacial score (nSPS) is 18.9. The van der Waals surface area contributed by atoms with Crippen molar-refractivity contribution in [3.05, 3.63) is 0 Å². The minimum absolute atomic E-state index is 0.0880. The predicted molar refractivity (Wildman–Crippen MR) is 85.6 cm³/mol. The molecule has 0 radical (unpaired) electrons. The van der Waals surface area contributed by atoms with Crippen LogP contribution in [0.15, 0.2) is 0 Å². The Morgan fingerprint density at radius 3 is 2.30 bits per heavy atom. The summed E-state index contributed by atoms with van der Waals surface area (Å²) in [6.07, 6.45) is 3.26. The summed E-state index contributed by atoms with van der Waals surface area (Å²) in [4.78, 5) is 15.3. The predicted octanol–water partition coefficient (Wildman–Crippen LogP) is 2.50. The average Bonchev–Trinajstić information content (AvgIpc) is 2.36. The third-order valence-electron chi connectivity index (χ3n) is 3.95. The second-order valence-corrected chi connectivity index (χ2v) is 6.72. The first kappa shape index (κ1) is 17.4. The molecule has 1 aliphatic rings. The number of ether oxygens (including phenoxy) is 1. The molecular formula is C15H28N2O2S. The fraction of sp³-hybridized carbons (Fsp3) is 0.867. The van der Waals surface area contributed by atoms with Crippen LogP contribution in [0.2, 0.25) is 0 Å². The van der Waals surface area contributed by atoms with Gasteiger partial charge in [0.05, 0.1) is 22.6 Å². The molecule has 5 heteroatoms. The van der Waals surface area contributed by atoms with Gasteiger partial charge >= 0.3 is 0 Å². The Kier molecular flexibility index (Phi) is 5.95. The zero-order valence-corrected chi connectivity index (χ0v) is 14.0. The second-order valence-electron chi connectivity index (χ2n) is 6.28. The van der Waals surface area contributed by atoms with E-state index in [1.165, 1.54) is 0 Å². The first-order valence-electron chi connectivity index (χ1n) is 7.52. The van der Waals surface area contributed by atoms with Gasteiger partial charge in [0, 0.05) is 13.1 Å². The summed E-state index contributed by atoms with van der Waals surface area (Å²) >= 11 is 5.26. The number of nitrogens with two attached hydrogens (primary N) is 1. The Hall–Kier alpha value is -0.680. The molecule has 0 spiro atoms. The highest BCUT2D eigenvalue weighted by Crippen LogP contribution is 2.34. The number of thiocarbonyl (C=S) groups is 1. The summed E-state index contributed by atoms with van der Waals surface area (Å²) in [5.74, 6) is 0.0880. The molecule has 20 heavy (non-hydrogen) atoms. The Labute approximate surface area is 128 Å². The van der Waals surface area contributed by atoms with Crippen molar-refractivity contribution in [2.45, 2.75) is 59.0 Å². The molecule has 0 saturated carbocycles. The number of hydrogen-bond acceptors (Lipinski definition) is 3. The highest BCUT2D eigenvalue weighted by molar-refractivity contribution is 7.80. The van der Waals surface area contributed by atoms with Crippen LogP contribution < -0.4 is 5.73 Å². The number of rotatable bonds is 6. The minimum atomic E-state index is -0.674. The second kappa shape index (κ2) is 6.85. The Morgan fingerprint density at radius 1 is 1.35 bits per heavy atom. The van der Waals surface area contributed by atoms with Crippen molar-refractivity contribution in [2.75, 3.05) is 19.7 Å². The number of amides is 1. The molecule has 0 aromatic heterocycles. The van der Waals surface area contributed by atoms with E-state index >= 15 is 0 Å². The van der Waals surface area contributed by atoms with Crippen molar-refractivity contribution >= 4 is 23.1 Å². The van der Waals surface area contributed by atoms with Gasteiger partial charge in [-0.3, -0.25) is 4.79 Å². The number of hydrogen-bond donors (Lipinski definition) is 1. The van der Waals surface area contributed by atoms with E-state index in [4.69, 9.17) is 22.7 Å². The maximum atomic E-state index is 13.0. The van der Waals surface area contributed by atoms with E-state index in [1.807, 2.05) is 18.7 Å². The van der Waals surface area contributed by atoms with Gasteiger partial charge in [-0.1, -0.05) is 38.9 Å². The monoisotopic (exact) mass is 300 g/mol. The SMILES string of the molecule is CCCC(CCC)(C(=O)N1CCOC(C)(C)C1)C(N)=S. The van der Waals surface area contributed by atoms with Crippen LogP contribution in [-0.2, 0) is 9.53 Å². The third kappa shape index (κ3) is 3.70. The zero-order valence-electron chi connectivity index (χ0n) is 13.2. The summed E-state index contributed by atoms with van der Waals surface area (Å²) < 4.78 is 5.68. The van der Waals surface area contributed by atoms with Gasteiger partial charge in [0.25, 0.3) is 0 Å². The molecular weight excluding hydrogens is 272 g/mol. The summed E-state index contributed by atoms with van der Waals surface area (Å²) in [6, 6.07) is 0. The van der Waals surface area contributed by atoms with Crippen molar-refractivity contribution in [1.29, 1.82) is 0 Å². The Morgan fingerprint density at radius 2 is 1.90 bits per heavy atom. The number of nitrogens with zero attached hydrogens (tertiary/aromatic N) is 1. The summed E-state index contributed by atoms with van der Waals surface area (Å²) in [5, 5.41) is 0. The molecule has 2 N–H and O–H groups in total. The molecule has 0 aliphatic carbocycles. The van der Waals surface area contributed by atoms with Gasteiger partial charge in [0.15, 0.2) is 0 Å². The summed E-state index contributed by atoms with van der Waals surface area (Å²) in [6.45, 7) is 9.95. The molecule has 1 rings (SSSR count). The van der Waals surface area contributed by atoms with Gasteiger partial charge in [-0.15, -0.1) is 0 Å². The lowest BCUT2D eigenvalue weighted by molar-refractivity contribution is -0.153. The molecule has 116 valence electrons. The fourth-order valence-corrected chi connectivity index (χ4v) is 3.33. The van der Waals surface area contributed by atoms with Crippen LogP contribution in [0.1, 0.15) is 53.4 Å². The van der Waals surface area contributed by atoms with Gasteiger partial charge < -0.3 is 15.4 Å². The van der Waals surface area contributed by atoms with Crippen molar-refractivity contribution < 1.29 is 9.53 Å².